The zero-order valence-corrected chi connectivity index (χ0v) is 46.1. The van der Waals surface area contributed by atoms with Crippen LogP contribution in [0, 0.1) is 11.3 Å². The van der Waals surface area contributed by atoms with Crippen molar-refractivity contribution in [3.63, 3.8) is 0 Å². The summed E-state index contributed by atoms with van der Waals surface area (Å²) in [4.78, 5) is 141. The number of carbonyl (C=O) groups excluding carboxylic acids is 9. The predicted octanol–water partition coefficient (Wildman–Crippen LogP) is 0.172. The summed E-state index contributed by atoms with van der Waals surface area (Å²) in [6.07, 6.45) is 7.59. The molecule has 3 heterocycles. The standard InChI is InChI=1S/C57H73N15O9/c1-32(2)47(55(80)63-29-46(73)67-44(24-37-27-60-30-64-37)54(79)72-48(57(4,5)6)56(81)68-42(49(59)74)22-35-17-11-8-12-18-35)71-50(75)33(3)66-52(77)43(23-36-26-62-41-20-14-13-19-39(36)41)70-53(78)45(25-38-28-61-31-65-38)69-51(76)40(58)21-34-15-9-7-10-16-34/h7-20,26-28,30-33,40,42-45,47-48,62H,21-25,29,58H2,1-6H3,(H2,59,74)(H,60,64)(H,61,65)(H,63,80)(H,66,77)(H,67,73)(H,68,81)(H,69,76)(H,70,78)(H,71,75)(H,72,79)/t33-,40+,42+,43-,44-,45-,47-,48+/m0/s1. The Labute approximate surface area is 468 Å². The zero-order chi connectivity index (χ0) is 58.8. The van der Waals surface area contributed by atoms with E-state index < -0.39 is 119 Å². The van der Waals surface area contributed by atoms with Crippen LogP contribution in [-0.4, -0.2) is 133 Å². The van der Waals surface area contributed by atoms with Crippen molar-refractivity contribution in [3.8, 4) is 0 Å². The van der Waals surface area contributed by atoms with Gasteiger partial charge in [0.25, 0.3) is 0 Å². The maximum absolute atomic E-state index is 14.3. The smallest absolute Gasteiger partial charge is 0.243 e. The minimum Gasteiger partial charge on any atom is -0.368 e. The summed E-state index contributed by atoms with van der Waals surface area (Å²) < 4.78 is 0. The molecular formula is C57H73N15O9. The van der Waals surface area contributed by atoms with Crippen molar-refractivity contribution >= 4 is 64.1 Å². The lowest BCUT2D eigenvalue weighted by atomic mass is 9.85. The summed E-state index contributed by atoms with van der Waals surface area (Å²) in [7, 11) is 0. The number of aromatic amines is 3. The van der Waals surface area contributed by atoms with Crippen molar-refractivity contribution in [1.82, 2.24) is 67.5 Å². The Hall–Kier alpha value is -9.19. The summed E-state index contributed by atoms with van der Waals surface area (Å²) in [5.41, 5.74) is 15.1. The number of H-pyrrole nitrogens is 3. The first kappa shape index (κ1) is 61.0. The van der Waals surface area contributed by atoms with Crippen molar-refractivity contribution in [3.05, 3.63) is 144 Å². The number of carbonyl (C=O) groups is 9. The quantitative estimate of drug-likeness (QED) is 0.0313. The summed E-state index contributed by atoms with van der Waals surface area (Å²) in [5.74, 6) is -7.17. The van der Waals surface area contributed by atoms with E-state index in [9.17, 15) is 43.2 Å². The molecule has 0 saturated heterocycles. The summed E-state index contributed by atoms with van der Waals surface area (Å²) in [6.45, 7) is 9.21. The zero-order valence-electron chi connectivity index (χ0n) is 46.1. The molecule has 24 heteroatoms. The fourth-order valence-corrected chi connectivity index (χ4v) is 8.85. The van der Waals surface area contributed by atoms with E-state index in [1.165, 1.54) is 32.0 Å². The molecule has 3 aromatic carbocycles. The molecule has 0 fully saturated rings. The lowest BCUT2D eigenvalue weighted by Gasteiger charge is -2.33. The SMILES string of the molecule is CC(C)[C@H](NC(=O)[C@H](C)NC(=O)[C@H](Cc1c[nH]c2ccccc12)NC(=O)[C@H](Cc1cnc[nH]1)NC(=O)[C@H](N)Cc1ccccc1)C(=O)NCC(=O)N[C@@H](Cc1cnc[nH]1)C(=O)N[C@H](C(=O)N[C@H](Cc1ccccc1)C(N)=O)C(C)(C)C. The number of amides is 9. The molecule has 9 amide bonds. The monoisotopic (exact) mass is 1110 g/mol. The van der Waals surface area contributed by atoms with Crippen LogP contribution in [0.1, 0.15) is 69.6 Å². The molecule has 0 spiro atoms. The van der Waals surface area contributed by atoms with Gasteiger partial charge in [0.2, 0.25) is 53.2 Å². The van der Waals surface area contributed by atoms with Crippen LogP contribution in [0.3, 0.4) is 0 Å². The Kier molecular flexibility index (Phi) is 21.6. The van der Waals surface area contributed by atoms with Crippen LogP contribution >= 0.6 is 0 Å². The topological polar surface area (TPSA) is 375 Å². The first-order valence-electron chi connectivity index (χ1n) is 26.6. The average Bonchev–Trinajstić information content (AvgIpc) is 4.26. The number of imidazole rings is 2. The summed E-state index contributed by atoms with van der Waals surface area (Å²) in [6, 6.07) is 15.8. The van der Waals surface area contributed by atoms with Gasteiger partial charge in [-0.3, -0.25) is 43.2 Å². The first-order chi connectivity index (χ1) is 38.6. The molecule has 0 aliphatic carbocycles. The van der Waals surface area contributed by atoms with Crippen molar-refractivity contribution in [1.29, 1.82) is 0 Å². The fraction of sp³-hybridized carbons (Fsp3) is 0.386. The third-order valence-corrected chi connectivity index (χ3v) is 13.4. The average molecular weight is 1110 g/mol. The Bertz CT molecular complexity index is 3090. The number of hydrogen-bond donors (Lipinski definition) is 13. The summed E-state index contributed by atoms with van der Waals surface area (Å²) in [5, 5.41) is 22.2. The van der Waals surface area contributed by atoms with Gasteiger partial charge in [0.15, 0.2) is 0 Å². The van der Waals surface area contributed by atoms with Gasteiger partial charge in [-0.1, -0.05) is 113 Å². The second-order valence-electron chi connectivity index (χ2n) is 21.3. The van der Waals surface area contributed by atoms with E-state index in [1.807, 2.05) is 60.7 Å². The number of rotatable bonds is 28. The molecule has 3 aromatic heterocycles. The number of nitrogens with two attached hydrogens (primary N) is 2. The van der Waals surface area contributed by atoms with E-state index in [-0.39, 0.29) is 32.1 Å². The Balaban J connectivity index is 1.10. The van der Waals surface area contributed by atoms with E-state index in [0.29, 0.717) is 17.0 Å². The Morgan fingerprint density at radius 3 is 1.62 bits per heavy atom. The second kappa shape index (κ2) is 28.6. The van der Waals surface area contributed by atoms with E-state index in [1.54, 1.807) is 65.1 Å². The van der Waals surface area contributed by atoms with E-state index in [2.05, 4.69) is 67.5 Å². The predicted molar refractivity (Wildman–Crippen MR) is 301 cm³/mol. The maximum atomic E-state index is 14.3. The maximum Gasteiger partial charge on any atom is 0.243 e. The van der Waals surface area contributed by atoms with E-state index >= 15 is 0 Å². The first-order valence-corrected chi connectivity index (χ1v) is 26.6. The van der Waals surface area contributed by atoms with Crippen molar-refractivity contribution in [2.24, 2.45) is 22.8 Å². The highest BCUT2D eigenvalue weighted by atomic mass is 16.2. The second-order valence-corrected chi connectivity index (χ2v) is 21.3. The number of hydrogen-bond acceptors (Lipinski definition) is 12. The molecule has 8 atom stereocenters. The van der Waals surface area contributed by atoms with Crippen LogP contribution in [0.2, 0.25) is 0 Å². The normalized spacial score (nSPS) is 14.4. The van der Waals surface area contributed by atoms with Gasteiger partial charge in [0, 0.05) is 66.6 Å². The van der Waals surface area contributed by atoms with Gasteiger partial charge in [-0.2, -0.15) is 0 Å². The van der Waals surface area contributed by atoms with Crippen LogP contribution in [0.5, 0.6) is 0 Å². The van der Waals surface area contributed by atoms with Gasteiger partial charge < -0.3 is 69.0 Å². The van der Waals surface area contributed by atoms with Crippen LogP contribution in [0.25, 0.3) is 10.9 Å². The minimum absolute atomic E-state index is 0.0352. The van der Waals surface area contributed by atoms with Crippen molar-refractivity contribution in [2.75, 3.05) is 6.54 Å². The molecule has 0 aliphatic rings. The minimum atomic E-state index is -1.30. The fourth-order valence-electron chi connectivity index (χ4n) is 8.85. The lowest BCUT2D eigenvalue weighted by Crippen LogP contribution is -2.61. The number of aromatic nitrogens is 5. The number of fused-ring (bicyclic) bond motifs is 1. The van der Waals surface area contributed by atoms with Gasteiger partial charge in [-0.05, 0) is 47.4 Å². The molecule has 15 N–H and O–H groups in total. The molecule has 6 aromatic rings. The highest BCUT2D eigenvalue weighted by molar-refractivity contribution is 5.98. The van der Waals surface area contributed by atoms with Gasteiger partial charge >= 0.3 is 0 Å². The van der Waals surface area contributed by atoms with Gasteiger partial charge in [-0.15, -0.1) is 0 Å². The van der Waals surface area contributed by atoms with Crippen LogP contribution < -0.4 is 54.0 Å². The van der Waals surface area contributed by atoms with Gasteiger partial charge in [0.05, 0.1) is 25.2 Å². The largest absolute Gasteiger partial charge is 0.368 e. The number of para-hydroxylation sites is 1. The molecule has 0 saturated carbocycles. The molecule has 24 nitrogen and oxygen atoms in total. The van der Waals surface area contributed by atoms with Crippen molar-refractivity contribution in [2.45, 2.75) is 122 Å². The summed E-state index contributed by atoms with van der Waals surface area (Å²) >= 11 is 0. The van der Waals surface area contributed by atoms with Crippen LogP contribution in [0.4, 0.5) is 0 Å². The third-order valence-electron chi connectivity index (χ3n) is 13.4. The lowest BCUT2D eigenvalue weighted by molar-refractivity contribution is -0.136. The van der Waals surface area contributed by atoms with Crippen LogP contribution in [-0.2, 0) is 75.3 Å². The third kappa shape index (κ3) is 18.2. The highest BCUT2D eigenvalue weighted by Gasteiger charge is 2.38. The molecular weight excluding hydrogens is 1040 g/mol. The van der Waals surface area contributed by atoms with E-state index in [4.69, 9.17) is 11.5 Å². The van der Waals surface area contributed by atoms with Gasteiger partial charge in [-0.25, -0.2) is 9.97 Å². The molecule has 0 radical (unpaired) electrons. The van der Waals surface area contributed by atoms with Crippen LogP contribution in [0.15, 0.2) is 116 Å². The molecule has 0 bridgehead atoms. The van der Waals surface area contributed by atoms with Gasteiger partial charge in [0.1, 0.15) is 42.3 Å². The number of nitrogens with zero attached hydrogens (tertiary/aromatic N) is 2. The molecule has 81 heavy (non-hydrogen) atoms. The number of nitrogens with one attached hydrogen (secondary N) is 11. The van der Waals surface area contributed by atoms with Crippen molar-refractivity contribution < 1.29 is 43.2 Å². The molecule has 430 valence electrons. The Morgan fingerprint density at radius 2 is 1.05 bits per heavy atom. The highest BCUT2D eigenvalue weighted by Crippen LogP contribution is 2.22. The number of primary amides is 1. The number of benzene rings is 3. The van der Waals surface area contributed by atoms with E-state index in [0.717, 1.165) is 22.0 Å². The molecule has 0 aliphatic heterocycles. The Morgan fingerprint density at radius 1 is 0.531 bits per heavy atom. The molecule has 0 unspecified atom stereocenters. The molecule has 6 rings (SSSR count).